The van der Waals surface area contributed by atoms with Crippen LogP contribution in [0.1, 0.15) is 64.0 Å². The first-order chi connectivity index (χ1) is 20.9. The van der Waals surface area contributed by atoms with E-state index in [9.17, 15) is 4.79 Å². The average Bonchev–Trinajstić information content (AvgIpc) is 3.06. The van der Waals surface area contributed by atoms with Crippen molar-refractivity contribution in [1.29, 1.82) is 0 Å². The van der Waals surface area contributed by atoms with Gasteiger partial charge in [-0.1, -0.05) is 51.3 Å². The van der Waals surface area contributed by atoms with Crippen molar-refractivity contribution in [2.45, 2.75) is 59.4 Å². The Morgan fingerprint density at radius 1 is 0.977 bits per heavy atom. The van der Waals surface area contributed by atoms with Gasteiger partial charge in [0.15, 0.2) is 11.5 Å². The van der Waals surface area contributed by atoms with Gasteiger partial charge in [-0.25, -0.2) is 4.99 Å². The third-order valence-electron chi connectivity index (χ3n) is 6.30. The van der Waals surface area contributed by atoms with Gasteiger partial charge in [-0.3, -0.25) is 4.79 Å². The summed E-state index contributed by atoms with van der Waals surface area (Å²) in [6.07, 6.45) is 11.3. The standard InChI is InChI=1S/C29H38N4O3.C2H6O.C2H6.CH4O/c1-4-24(11-8-18-31-20-21-12-17-26(35-2)27(19-21)36-3)32-28(30)22-13-15-25(16-14-22)33-29(34)23-9-6-5-7-10-23;1-3-2;2*1-2/h4,8,11-17,19,23,31H,5-7,9-10,18,20H2,1-3H3,(H2,30,32)(H,33,34);1-2H3;1-2H3;2H,1H3/b11-8-,24-4+;;;. The minimum absolute atomic E-state index is 0.116. The summed E-state index contributed by atoms with van der Waals surface area (Å²) < 4.78 is 14.9. The predicted molar refractivity (Wildman–Crippen MR) is 179 cm³/mol. The van der Waals surface area contributed by atoms with E-state index in [2.05, 4.69) is 20.4 Å². The fraction of sp³-hybridized carbons (Fsp3) is 0.471. The third-order valence-corrected chi connectivity index (χ3v) is 6.30. The molecule has 1 aliphatic carbocycles. The zero-order chi connectivity index (χ0) is 32.5. The van der Waals surface area contributed by atoms with E-state index >= 15 is 0 Å². The summed E-state index contributed by atoms with van der Waals surface area (Å²) in [4.78, 5) is 17.0. The van der Waals surface area contributed by atoms with Gasteiger partial charge in [0.1, 0.15) is 5.84 Å². The number of rotatable bonds is 11. The van der Waals surface area contributed by atoms with Crippen molar-refractivity contribution in [2.24, 2.45) is 16.6 Å². The molecule has 5 N–H and O–H groups in total. The molecule has 0 unspecified atom stereocenters. The minimum Gasteiger partial charge on any atom is -0.493 e. The Labute approximate surface area is 259 Å². The maximum atomic E-state index is 12.5. The number of anilines is 1. The summed E-state index contributed by atoms with van der Waals surface area (Å²) in [7, 11) is 7.51. The number of aliphatic hydroxyl groups excluding tert-OH is 1. The SMILES string of the molecule is C/C=C(\C=C/CNCc1ccc(OC)c(OC)c1)N=C(N)c1ccc(NC(=O)C2CCCCC2)cc1.CC.CO.COC. The molecule has 0 atom stereocenters. The average molecular weight is 599 g/mol. The van der Waals surface area contributed by atoms with E-state index in [-0.39, 0.29) is 11.8 Å². The zero-order valence-electron chi connectivity index (χ0n) is 27.4. The number of allylic oxidation sites excluding steroid dienone is 2. The number of nitrogens with one attached hydrogen (secondary N) is 2. The van der Waals surface area contributed by atoms with Crippen LogP contribution in [0.15, 0.2) is 71.4 Å². The van der Waals surface area contributed by atoms with E-state index in [0.29, 0.717) is 30.4 Å². The lowest BCUT2D eigenvalue weighted by molar-refractivity contribution is -0.120. The maximum Gasteiger partial charge on any atom is 0.227 e. The number of aliphatic hydroxyl groups is 1. The molecule has 0 bridgehead atoms. The smallest absolute Gasteiger partial charge is 0.227 e. The Balaban J connectivity index is 0.00000232. The Kier molecular flexibility index (Phi) is 22.8. The molecular formula is C34H54N4O5. The molecule has 1 aliphatic rings. The number of amides is 1. The lowest BCUT2D eigenvalue weighted by Crippen LogP contribution is -2.24. The third kappa shape index (κ3) is 15.4. The highest BCUT2D eigenvalue weighted by Gasteiger charge is 2.21. The van der Waals surface area contributed by atoms with Crippen molar-refractivity contribution in [2.75, 3.05) is 47.4 Å². The maximum absolute atomic E-state index is 12.5. The van der Waals surface area contributed by atoms with Crippen molar-refractivity contribution in [3.05, 3.63) is 77.5 Å². The Morgan fingerprint density at radius 2 is 1.58 bits per heavy atom. The number of amidine groups is 1. The molecule has 1 saturated carbocycles. The molecule has 2 aromatic rings. The van der Waals surface area contributed by atoms with Crippen LogP contribution in [0, 0.1) is 5.92 Å². The fourth-order valence-corrected chi connectivity index (χ4v) is 4.21. The van der Waals surface area contributed by atoms with Crippen molar-refractivity contribution in [1.82, 2.24) is 5.32 Å². The molecule has 0 aromatic heterocycles. The van der Waals surface area contributed by atoms with Gasteiger partial charge in [0, 0.05) is 51.6 Å². The molecule has 1 amide bonds. The normalized spacial score (nSPS) is 13.4. The number of hydrogen-bond donors (Lipinski definition) is 4. The van der Waals surface area contributed by atoms with Crippen LogP contribution < -0.4 is 25.8 Å². The number of methoxy groups -OCH3 is 3. The van der Waals surface area contributed by atoms with Crippen molar-refractivity contribution in [3.63, 3.8) is 0 Å². The van der Waals surface area contributed by atoms with Gasteiger partial charge in [-0.2, -0.15) is 0 Å². The minimum atomic E-state index is 0.116. The summed E-state index contributed by atoms with van der Waals surface area (Å²) in [6.45, 7) is 7.30. The van der Waals surface area contributed by atoms with Crippen LogP contribution in [0.3, 0.4) is 0 Å². The molecule has 0 aliphatic heterocycles. The molecule has 0 radical (unpaired) electrons. The van der Waals surface area contributed by atoms with Gasteiger partial charge >= 0.3 is 0 Å². The molecule has 9 heteroatoms. The predicted octanol–water partition coefficient (Wildman–Crippen LogP) is 6.08. The van der Waals surface area contributed by atoms with Gasteiger partial charge < -0.3 is 35.7 Å². The monoisotopic (exact) mass is 598 g/mol. The number of nitrogens with zero attached hydrogens (tertiary/aromatic N) is 1. The van der Waals surface area contributed by atoms with Crippen molar-refractivity contribution < 1.29 is 24.1 Å². The fourth-order valence-electron chi connectivity index (χ4n) is 4.21. The molecule has 0 spiro atoms. The summed E-state index contributed by atoms with van der Waals surface area (Å²) >= 11 is 0. The number of ether oxygens (including phenoxy) is 3. The van der Waals surface area contributed by atoms with E-state index in [4.69, 9.17) is 20.3 Å². The van der Waals surface area contributed by atoms with Crippen molar-refractivity contribution >= 4 is 17.4 Å². The van der Waals surface area contributed by atoms with Crippen LogP contribution in [0.4, 0.5) is 5.69 Å². The second-order valence-corrected chi connectivity index (χ2v) is 9.24. The lowest BCUT2D eigenvalue weighted by Gasteiger charge is -2.20. The van der Waals surface area contributed by atoms with Crippen molar-refractivity contribution in [3.8, 4) is 11.5 Å². The molecule has 3 rings (SSSR count). The summed E-state index contributed by atoms with van der Waals surface area (Å²) in [5.74, 6) is 2.10. The highest BCUT2D eigenvalue weighted by molar-refractivity contribution is 5.99. The largest absolute Gasteiger partial charge is 0.493 e. The molecule has 9 nitrogen and oxygen atoms in total. The van der Waals surface area contributed by atoms with E-state index in [0.717, 1.165) is 55.3 Å². The highest BCUT2D eigenvalue weighted by atomic mass is 16.5. The van der Waals surface area contributed by atoms with E-state index in [1.165, 1.54) is 6.42 Å². The van der Waals surface area contributed by atoms with Gasteiger partial charge in [0.25, 0.3) is 0 Å². The van der Waals surface area contributed by atoms with Gasteiger partial charge in [0.2, 0.25) is 5.91 Å². The quantitative estimate of drug-likeness (QED) is 0.107. The zero-order valence-corrected chi connectivity index (χ0v) is 27.4. The number of benzene rings is 2. The highest BCUT2D eigenvalue weighted by Crippen LogP contribution is 2.27. The summed E-state index contributed by atoms with van der Waals surface area (Å²) in [5, 5.41) is 13.4. The number of hydrogen-bond acceptors (Lipinski definition) is 7. The van der Waals surface area contributed by atoms with E-state index in [1.54, 1.807) is 28.4 Å². The van der Waals surface area contributed by atoms with Crippen LogP contribution in [0.25, 0.3) is 0 Å². The first kappa shape index (κ1) is 39.3. The molecule has 1 fully saturated rings. The van der Waals surface area contributed by atoms with Crippen LogP contribution in [-0.2, 0) is 16.1 Å². The van der Waals surface area contributed by atoms with Crippen LogP contribution in [-0.4, -0.2) is 58.9 Å². The molecular weight excluding hydrogens is 544 g/mol. The van der Waals surface area contributed by atoms with Gasteiger partial charge in [-0.05, 0) is 67.8 Å². The molecule has 0 heterocycles. The molecule has 0 saturated heterocycles. The van der Waals surface area contributed by atoms with Gasteiger partial charge in [0.05, 0.1) is 19.9 Å². The number of carbonyl (C=O) groups is 1. The first-order valence-electron chi connectivity index (χ1n) is 14.8. The molecule has 43 heavy (non-hydrogen) atoms. The summed E-state index contributed by atoms with van der Waals surface area (Å²) in [5.41, 5.74) is 9.72. The van der Waals surface area contributed by atoms with E-state index in [1.807, 2.05) is 81.5 Å². The Hall–Kier alpha value is -3.66. The molecule has 240 valence electrons. The van der Waals surface area contributed by atoms with Crippen LogP contribution in [0.5, 0.6) is 11.5 Å². The number of nitrogens with two attached hydrogens (primary N) is 1. The lowest BCUT2D eigenvalue weighted by atomic mass is 9.88. The number of aliphatic imine (C=N–C) groups is 1. The van der Waals surface area contributed by atoms with E-state index < -0.39 is 0 Å². The first-order valence-corrected chi connectivity index (χ1v) is 14.8. The van der Waals surface area contributed by atoms with Crippen LogP contribution in [0.2, 0.25) is 0 Å². The Bertz CT molecular complexity index is 1110. The Morgan fingerprint density at radius 3 is 2.14 bits per heavy atom. The van der Waals surface area contributed by atoms with Gasteiger partial charge in [-0.15, -0.1) is 0 Å². The second-order valence-electron chi connectivity index (χ2n) is 9.24. The second kappa shape index (κ2) is 24.9. The molecule has 2 aromatic carbocycles. The topological polar surface area (TPSA) is 127 Å². The van der Waals surface area contributed by atoms with Crippen LogP contribution >= 0.6 is 0 Å². The summed E-state index contributed by atoms with van der Waals surface area (Å²) in [6, 6.07) is 13.4. The number of carbonyl (C=O) groups excluding carboxylic acids is 1.